The number of hydrogen-bond donors (Lipinski definition) is 0. The minimum atomic E-state index is -2.33. The topological polar surface area (TPSA) is 27.5 Å². The Hall–Kier alpha value is -9.45. The number of pyridine rings is 1. The van der Waals surface area contributed by atoms with E-state index in [2.05, 4.69) is 251 Å². The minimum Gasteiger partial charge on any atom is -0.355 e. The van der Waals surface area contributed by atoms with Crippen molar-refractivity contribution in [2.45, 2.75) is 0 Å². The van der Waals surface area contributed by atoms with E-state index in [-0.39, 0.29) is 6.67 Å². The zero-order chi connectivity index (χ0) is 50.5. The maximum atomic E-state index is 8.51. The van der Waals surface area contributed by atoms with Crippen LogP contribution >= 0.6 is 0 Å². The molecule has 10 aromatic carbocycles. The monoisotopic (exact) mass is 926 g/mol. The van der Waals surface area contributed by atoms with Crippen molar-refractivity contribution in [2.75, 3.05) is 28.3 Å². The molecule has 0 aliphatic carbocycles. The Kier molecular flexibility index (Phi) is 9.92. The van der Waals surface area contributed by atoms with Gasteiger partial charge in [0.25, 0.3) is 0 Å². The molecule has 0 spiro atoms. The second kappa shape index (κ2) is 18.1. The molecule has 0 fully saturated rings. The first-order chi connectivity index (χ1) is 36.9. The molecule has 12 aromatic rings. The average Bonchev–Trinajstić information content (AvgIpc) is 4.03. The van der Waals surface area contributed by atoms with Crippen LogP contribution in [0.15, 0.2) is 267 Å². The Labute approximate surface area is 424 Å². The molecule has 342 valence electrons. The predicted molar refractivity (Wildman–Crippen MR) is 302 cm³/mol. The van der Waals surface area contributed by atoms with Gasteiger partial charge in [-0.1, -0.05) is 200 Å². The molecule has 5 heteroatoms. The number of rotatable bonds is 10. The second-order valence-corrected chi connectivity index (χ2v) is 18.2. The van der Waals surface area contributed by atoms with Crippen molar-refractivity contribution in [3.8, 4) is 61.5 Å². The Bertz CT molecular complexity index is 3930. The summed E-state index contributed by atoms with van der Waals surface area (Å²) < 4.78 is 27.8. The molecule has 0 bridgehead atoms. The first kappa shape index (κ1) is 39.4. The molecular weight excluding hydrogens is 875 g/mol. The quantitative estimate of drug-likeness (QED) is 0.137. The van der Waals surface area contributed by atoms with Crippen molar-refractivity contribution in [1.82, 2.24) is 9.55 Å². The van der Waals surface area contributed by atoms with Gasteiger partial charge in [-0.05, 0) is 105 Å². The third-order valence-electron chi connectivity index (χ3n) is 14.0. The van der Waals surface area contributed by atoms with Crippen LogP contribution in [0.25, 0.3) is 83.3 Å². The van der Waals surface area contributed by atoms with Crippen LogP contribution in [-0.2, 0) is 0 Å². The van der Waals surface area contributed by atoms with Gasteiger partial charge in [0.1, 0.15) is 5.82 Å². The van der Waals surface area contributed by atoms with Gasteiger partial charge in [0, 0.05) is 56.2 Å². The zero-order valence-corrected chi connectivity index (χ0v) is 39.3. The third-order valence-corrected chi connectivity index (χ3v) is 14.0. The summed E-state index contributed by atoms with van der Waals surface area (Å²) in [7, 11) is 0. The van der Waals surface area contributed by atoms with Gasteiger partial charge in [-0.3, -0.25) is 4.57 Å². The lowest BCUT2D eigenvalue weighted by Gasteiger charge is -2.31. The largest absolute Gasteiger partial charge is 0.355 e. The van der Waals surface area contributed by atoms with Gasteiger partial charge in [0.2, 0.25) is 0 Å². The van der Waals surface area contributed by atoms with Crippen LogP contribution in [0.5, 0.6) is 0 Å². The lowest BCUT2D eigenvalue weighted by Crippen LogP contribution is -2.24. The van der Waals surface area contributed by atoms with Crippen LogP contribution in [-0.4, -0.2) is 23.2 Å². The molecule has 1 aliphatic rings. The van der Waals surface area contributed by atoms with Gasteiger partial charge in [0.15, 0.2) is 0 Å². The highest BCUT2D eigenvalue weighted by Crippen LogP contribution is 2.50. The number of nitrogens with zero attached hydrogens (tertiary/aromatic N) is 5. The van der Waals surface area contributed by atoms with E-state index in [9.17, 15) is 0 Å². The maximum absolute atomic E-state index is 8.51. The van der Waals surface area contributed by atoms with Crippen molar-refractivity contribution >= 4 is 55.9 Å². The van der Waals surface area contributed by atoms with E-state index in [1.54, 1.807) is 0 Å². The molecular formula is C67H49N5. The van der Waals surface area contributed by atoms with Crippen LogP contribution in [0.2, 0.25) is 0 Å². The molecule has 0 saturated carbocycles. The van der Waals surface area contributed by atoms with E-state index >= 15 is 0 Å². The first-order valence-electron chi connectivity index (χ1n) is 25.9. The molecule has 72 heavy (non-hydrogen) atoms. The molecule has 0 N–H and O–H groups in total. The van der Waals surface area contributed by atoms with Crippen LogP contribution in [0.3, 0.4) is 0 Å². The van der Waals surface area contributed by atoms with Gasteiger partial charge in [-0.25, -0.2) is 4.98 Å². The Morgan fingerprint density at radius 3 is 1.58 bits per heavy atom. The average molecular weight is 927 g/mol. The number of aromatic nitrogens is 2. The van der Waals surface area contributed by atoms with Crippen molar-refractivity contribution in [2.24, 2.45) is 0 Å². The Morgan fingerprint density at radius 2 is 0.944 bits per heavy atom. The summed E-state index contributed by atoms with van der Waals surface area (Å²) in [4.78, 5) is 11.2. The Morgan fingerprint density at radius 1 is 0.417 bits per heavy atom. The predicted octanol–water partition coefficient (Wildman–Crippen LogP) is 17.5. The van der Waals surface area contributed by atoms with Gasteiger partial charge in [-0.2, -0.15) is 0 Å². The highest BCUT2D eigenvalue weighted by molar-refractivity contribution is 6.11. The summed E-state index contributed by atoms with van der Waals surface area (Å²) >= 11 is 0. The first-order valence-corrected chi connectivity index (χ1v) is 24.4. The minimum absolute atomic E-state index is 0.177. The van der Waals surface area contributed by atoms with Crippen molar-refractivity contribution in [1.29, 1.82) is 0 Å². The molecule has 1 aliphatic heterocycles. The molecule has 5 nitrogen and oxygen atoms in total. The molecule has 0 amide bonds. The number of fused-ring (bicyclic) bond motifs is 4. The fraction of sp³-hybridized carbons (Fsp3) is 0.0299. The SMILES string of the molecule is [2H]C([2H])([2H])N1CN(c2cccc(N(c3ccc4c5ccccc5n(-c5cc(-c6c(-c7ccccc7)cccc6-c6ccccc6)ccn5)c4c3)c3c(-c4ccccc4)cccc3-c3ccccc3)c2)c2ccccc21. The number of hydrogen-bond acceptors (Lipinski definition) is 4. The number of benzene rings is 10. The van der Waals surface area contributed by atoms with Crippen LogP contribution in [0.4, 0.5) is 34.1 Å². The van der Waals surface area contributed by atoms with E-state index in [0.717, 1.165) is 112 Å². The van der Waals surface area contributed by atoms with Gasteiger partial charge < -0.3 is 14.7 Å². The van der Waals surface area contributed by atoms with Crippen LogP contribution in [0, 0.1) is 0 Å². The molecule has 3 heterocycles. The summed E-state index contributed by atoms with van der Waals surface area (Å²) in [6.45, 7) is -2.15. The third kappa shape index (κ3) is 7.47. The van der Waals surface area contributed by atoms with Gasteiger partial charge in [-0.15, -0.1) is 0 Å². The fourth-order valence-electron chi connectivity index (χ4n) is 10.7. The second-order valence-electron chi connectivity index (χ2n) is 18.2. The summed E-state index contributed by atoms with van der Waals surface area (Å²) in [5.74, 6) is 0.799. The van der Waals surface area contributed by atoms with E-state index in [1.165, 1.54) is 4.90 Å². The number of anilines is 6. The molecule has 13 rings (SSSR count). The number of para-hydroxylation sites is 4. The zero-order valence-electron chi connectivity index (χ0n) is 42.3. The lowest BCUT2D eigenvalue weighted by atomic mass is 9.88. The van der Waals surface area contributed by atoms with Crippen molar-refractivity contribution < 1.29 is 4.11 Å². The van der Waals surface area contributed by atoms with E-state index in [4.69, 9.17) is 9.10 Å². The van der Waals surface area contributed by atoms with Gasteiger partial charge >= 0.3 is 0 Å². The highest BCUT2D eigenvalue weighted by atomic mass is 15.4. The fourth-order valence-corrected chi connectivity index (χ4v) is 10.7. The summed E-state index contributed by atoms with van der Waals surface area (Å²) in [5, 5.41) is 2.22. The van der Waals surface area contributed by atoms with E-state index < -0.39 is 6.98 Å². The van der Waals surface area contributed by atoms with Crippen molar-refractivity contribution in [3.05, 3.63) is 267 Å². The molecule has 2 aromatic heterocycles. The summed E-state index contributed by atoms with van der Waals surface area (Å²) in [6, 6.07) is 91.6. The van der Waals surface area contributed by atoms with E-state index in [0.29, 0.717) is 5.69 Å². The standard InChI is InChI=1S/C67H49N5/c1-69-46-70(63-38-17-16-37-62(63)69)52-29-18-30-53(44-52)71(67-57(49-25-10-4-11-26-49)34-20-35-58(67)50-27-12-5-13-28-50)54-39-40-60-59-31-14-15-36-61(59)72(64(60)45-54)65-43-51(41-42-68-65)66-55(47-21-6-2-7-22-47)32-19-33-56(66)48-23-8-3-9-24-48/h2-45H,46H2,1H3/i1D3. The molecule has 0 unspecified atom stereocenters. The highest BCUT2D eigenvalue weighted by Gasteiger charge is 2.28. The lowest BCUT2D eigenvalue weighted by molar-refractivity contribution is 0.949. The summed E-state index contributed by atoms with van der Waals surface area (Å²) in [6.07, 6.45) is 1.94. The van der Waals surface area contributed by atoms with Crippen LogP contribution in [0.1, 0.15) is 4.11 Å². The van der Waals surface area contributed by atoms with Gasteiger partial charge in [0.05, 0.1) is 34.8 Å². The maximum Gasteiger partial charge on any atom is 0.138 e. The summed E-state index contributed by atoms with van der Waals surface area (Å²) in [5.41, 5.74) is 18.3. The smallest absolute Gasteiger partial charge is 0.138 e. The molecule has 0 atom stereocenters. The normalized spacial score (nSPS) is 12.9. The molecule has 0 saturated heterocycles. The Balaban J connectivity index is 1.05. The van der Waals surface area contributed by atoms with Crippen LogP contribution < -0.4 is 14.7 Å². The van der Waals surface area contributed by atoms with E-state index in [1.807, 2.05) is 30.5 Å². The molecule has 0 radical (unpaired) electrons. The van der Waals surface area contributed by atoms with Crippen molar-refractivity contribution in [3.63, 3.8) is 0 Å².